The van der Waals surface area contributed by atoms with Crippen molar-refractivity contribution in [2.75, 3.05) is 27.2 Å². The Labute approximate surface area is 126 Å². The second-order valence-electron chi connectivity index (χ2n) is 5.04. The molecule has 0 radical (unpaired) electrons. The minimum atomic E-state index is -0.658. The second kappa shape index (κ2) is 10.0. The summed E-state index contributed by atoms with van der Waals surface area (Å²) in [6.45, 7) is 4.39. The second-order valence-corrected chi connectivity index (χ2v) is 5.04. The van der Waals surface area contributed by atoms with E-state index in [0.29, 0.717) is 6.54 Å². The molecule has 1 saturated carbocycles. The van der Waals surface area contributed by atoms with Gasteiger partial charge in [0.1, 0.15) is 0 Å². The molecule has 7 heteroatoms. The van der Waals surface area contributed by atoms with E-state index in [0.717, 1.165) is 19.3 Å². The van der Waals surface area contributed by atoms with E-state index in [1.165, 1.54) is 13.5 Å². The highest BCUT2D eigenvalue weighted by molar-refractivity contribution is 5.86. The van der Waals surface area contributed by atoms with Crippen LogP contribution in [-0.4, -0.2) is 45.2 Å². The summed E-state index contributed by atoms with van der Waals surface area (Å²) in [5.41, 5.74) is -0.477. The molecule has 1 rings (SSSR count). The highest BCUT2D eigenvalue weighted by Gasteiger charge is 2.43. The minimum Gasteiger partial charge on any atom is -0.453 e. The fourth-order valence-electron chi connectivity index (χ4n) is 1.91. The molecule has 3 amide bonds. The summed E-state index contributed by atoms with van der Waals surface area (Å²) >= 11 is 0. The third-order valence-electron chi connectivity index (χ3n) is 3.22. The van der Waals surface area contributed by atoms with Gasteiger partial charge in [0.15, 0.2) is 0 Å². The van der Waals surface area contributed by atoms with Gasteiger partial charge >= 0.3 is 6.09 Å². The fraction of sp³-hybridized carbons (Fsp3) is 0.786. The SMILES string of the molecule is CCC.CNC(=O)C1(CNC(=O)CNC(=O)OC)CCC1. The van der Waals surface area contributed by atoms with Crippen LogP contribution < -0.4 is 16.0 Å². The molecule has 0 aromatic heterocycles. The molecule has 0 heterocycles. The number of carbonyl (C=O) groups excluding carboxylic acids is 3. The topological polar surface area (TPSA) is 96.5 Å². The molecule has 0 aromatic carbocycles. The maximum atomic E-state index is 11.7. The average Bonchev–Trinajstić information content (AvgIpc) is 2.43. The van der Waals surface area contributed by atoms with Gasteiger partial charge in [0, 0.05) is 13.6 Å². The molecule has 0 atom stereocenters. The Morgan fingerprint density at radius 2 is 1.71 bits per heavy atom. The quantitative estimate of drug-likeness (QED) is 0.699. The highest BCUT2D eigenvalue weighted by Crippen LogP contribution is 2.40. The van der Waals surface area contributed by atoms with E-state index < -0.39 is 11.5 Å². The molecule has 1 aliphatic carbocycles. The molecule has 21 heavy (non-hydrogen) atoms. The summed E-state index contributed by atoms with van der Waals surface area (Å²) < 4.78 is 4.34. The van der Waals surface area contributed by atoms with E-state index in [2.05, 4.69) is 34.5 Å². The van der Waals surface area contributed by atoms with Crippen molar-refractivity contribution in [2.45, 2.75) is 39.5 Å². The van der Waals surface area contributed by atoms with Gasteiger partial charge in [-0.3, -0.25) is 9.59 Å². The molecule has 7 nitrogen and oxygen atoms in total. The lowest BCUT2D eigenvalue weighted by Gasteiger charge is -2.39. The Kier molecular flexibility index (Phi) is 9.16. The third kappa shape index (κ3) is 6.46. The Hall–Kier alpha value is -1.79. The number of alkyl carbamates (subject to hydrolysis) is 1. The minimum absolute atomic E-state index is 0.0463. The van der Waals surface area contributed by atoms with Gasteiger partial charge in [-0.1, -0.05) is 26.7 Å². The molecule has 3 N–H and O–H groups in total. The number of methoxy groups -OCH3 is 1. The number of hydrogen-bond acceptors (Lipinski definition) is 4. The van der Waals surface area contributed by atoms with E-state index in [1.54, 1.807) is 7.05 Å². The van der Waals surface area contributed by atoms with Crippen LogP contribution in [0.2, 0.25) is 0 Å². The Bertz CT molecular complexity index is 354. The van der Waals surface area contributed by atoms with Crippen molar-refractivity contribution < 1.29 is 19.1 Å². The van der Waals surface area contributed by atoms with E-state index in [9.17, 15) is 14.4 Å². The summed E-state index contributed by atoms with van der Waals surface area (Å²) in [6.07, 6.45) is 3.13. The molecule has 0 aliphatic heterocycles. The van der Waals surface area contributed by atoms with Crippen LogP contribution in [0.5, 0.6) is 0 Å². The zero-order valence-electron chi connectivity index (χ0n) is 13.4. The lowest BCUT2D eigenvalue weighted by molar-refractivity contribution is -0.135. The van der Waals surface area contributed by atoms with Gasteiger partial charge < -0.3 is 20.7 Å². The van der Waals surface area contributed by atoms with Crippen molar-refractivity contribution in [1.29, 1.82) is 0 Å². The van der Waals surface area contributed by atoms with Crippen LogP contribution >= 0.6 is 0 Å². The summed E-state index contributed by atoms with van der Waals surface area (Å²) in [4.78, 5) is 33.9. The van der Waals surface area contributed by atoms with Crippen LogP contribution in [0.15, 0.2) is 0 Å². The van der Waals surface area contributed by atoms with Crippen LogP contribution in [0, 0.1) is 5.41 Å². The summed E-state index contributed by atoms with van der Waals surface area (Å²) in [7, 11) is 2.81. The van der Waals surface area contributed by atoms with E-state index in [1.807, 2.05) is 0 Å². The van der Waals surface area contributed by atoms with Crippen molar-refractivity contribution in [3.8, 4) is 0 Å². The van der Waals surface area contributed by atoms with E-state index >= 15 is 0 Å². The molecular weight excluding hydrogens is 274 g/mol. The Balaban J connectivity index is 0.00000122. The predicted molar refractivity (Wildman–Crippen MR) is 79.7 cm³/mol. The van der Waals surface area contributed by atoms with Crippen LogP contribution in [0.4, 0.5) is 4.79 Å². The summed E-state index contributed by atoms with van der Waals surface area (Å²) in [5.74, 6) is -0.384. The van der Waals surface area contributed by atoms with E-state index in [4.69, 9.17) is 0 Å². The lowest BCUT2D eigenvalue weighted by atomic mass is 9.68. The molecule has 1 aliphatic rings. The first-order valence-electron chi connectivity index (χ1n) is 7.26. The number of carbonyl (C=O) groups is 3. The molecule has 1 fully saturated rings. The Morgan fingerprint density at radius 3 is 2.10 bits per heavy atom. The van der Waals surface area contributed by atoms with Gasteiger partial charge in [-0.15, -0.1) is 0 Å². The largest absolute Gasteiger partial charge is 0.453 e. The van der Waals surface area contributed by atoms with Crippen LogP contribution in [0.25, 0.3) is 0 Å². The third-order valence-corrected chi connectivity index (χ3v) is 3.22. The van der Waals surface area contributed by atoms with Gasteiger partial charge in [-0.2, -0.15) is 0 Å². The number of nitrogens with one attached hydrogen (secondary N) is 3. The van der Waals surface area contributed by atoms with Gasteiger partial charge in [-0.25, -0.2) is 4.79 Å². The fourth-order valence-corrected chi connectivity index (χ4v) is 1.91. The predicted octanol–water partition coefficient (Wildman–Crippen LogP) is 0.791. The summed E-state index contributed by atoms with van der Waals surface area (Å²) in [5, 5.41) is 7.53. The molecule has 0 saturated heterocycles. The summed E-state index contributed by atoms with van der Waals surface area (Å²) in [6, 6.07) is 0. The van der Waals surface area contributed by atoms with Gasteiger partial charge in [0.25, 0.3) is 0 Å². The van der Waals surface area contributed by atoms with Gasteiger partial charge in [-0.05, 0) is 12.8 Å². The first-order valence-corrected chi connectivity index (χ1v) is 7.26. The van der Waals surface area contributed by atoms with Gasteiger partial charge in [0.05, 0.1) is 19.1 Å². The van der Waals surface area contributed by atoms with Crippen molar-refractivity contribution in [1.82, 2.24) is 16.0 Å². The molecule has 0 bridgehead atoms. The number of rotatable bonds is 5. The van der Waals surface area contributed by atoms with Crippen LogP contribution in [0.1, 0.15) is 39.5 Å². The monoisotopic (exact) mass is 301 g/mol. The van der Waals surface area contributed by atoms with E-state index in [-0.39, 0.29) is 18.4 Å². The number of hydrogen-bond donors (Lipinski definition) is 3. The smallest absolute Gasteiger partial charge is 0.407 e. The van der Waals surface area contributed by atoms with Crippen LogP contribution in [0.3, 0.4) is 0 Å². The maximum Gasteiger partial charge on any atom is 0.407 e. The maximum absolute atomic E-state index is 11.7. The number of ether oxygens (including phenoxy) is 1. The first-order chi connectivity index (χ1) is 9.95. The standard InChI is InChI=1S/C11H19N3O4.C3H8/c1-12-9(16)11(4-3-5-11)7-14-8(15)6-13-10(17)18-2;1-3-2/h3-7H2,1-2H3,(H,12,16)(H,13,17)(H,14,15);3H2,1-2H3. The molecule has 0 aromatic rings. The average molecular weight is 301 g/mol. The van der Waals surface area contributed by atoms with Crippen LogP contribution in [-0.2, 0) is 14.3 Å². The molecule has 0 unspecified atom stereocenters. The van der Waals surface area contributed by atoms with Crippen molar-refractivity contribution in [3.05, 3.63) is 0 Å². The lowest BCUT2D eigenvalue weighted by Crippen LogP contribution is -2.52. The molecule has 122 valence electrons. The number of amides is 3. The van der Waals surface area contributed by atoms with Crippen molar-refractivity contribution in [3.63, 3.8) is 0 Å². The zero-order chi connectivity index (χ0) is 16.3. The molecule has 0 spiro atoms. The van der Waals surface area contributed by atoms with Crippen molar-refractivity contribution >= 4 is 17.9 Å². The highest BCUT2D eigenvalue weighted by atomic mass is 16.5. The Morgan fingerprint density at radius 1 is 1.14 bits per heavy atom. The van der Waals surface area contributed by atoms with Gasteiger partial charge in [0.2, 0.25) is 11.8 Å². The molecular formula is C14H27N3O4. The normalized spacial score (nSPS) is 14.7. The zero-order valence-corrected chi connectivity index (χ0v) is 13.4. The van der Waals surface area contributed by atoms with Crippen molar-refractivity contribution in [2.24, 2.45) is 5.41 Å². The first kappa shape index (κ1) is 19.2.